The molecule has 0 aliphatic carbocycles. The maximum Gasteiger partial charge on any atom is 0.0700 e. The van der Waals surface area contributed by atoms with Crippen molar-refractivity contribution in [3.63, 3.8) is 0 Å². The quantitative estimate of drug-likeness (QED) is 0.740. The van der Waals surface area contributed by atoms with E-state index in [-0.39, 0.29) is 0 Å². The smallest absolute Gasteiger partial charge is 0.0700 e. The number of hydrogen-bond acceptors (Lipinski definition) is 1. The standard InChI is InChI=1S/C14H19NS/c1-10(2)14(13-6-5-9-16-13)15-11(3)7-8-12(15)4/h5-10,14H,1-4H3. The van der Waals surface area contributed by atoms with Crippen LogP contribution in [0.4, 0.5) is 0 Å². The zero-order chi connectivity index (χ0) is 11.7. The van der Waals surface area contributed by atoms with Crippen LogP contribution in [0.2, 0.25) is 0 Å². The lowest BCUT2D eigenvalue weighted by Gasteiger charge is -2.25. The molecule has 2 heteroatoms. The molecule has 2 aromatic rings. The van der Waals surface area contributed by atoms with Gasteiger partial charge in [-0.3, -0.25) is 0 Å². The van der Waals surface area contributed by atoms with Gasteiger partial charge in [0.1, 0.15) is 0 Å². The Balaban J connectivity index is 2.49. The topological polar surface area (TPSA) is 4.93 Å². The van der Waals surface area contributed by atoms with Crippen LogP contribution in [-0.4, -0.2) is 4.57 Å². The highest BCUT2D eigenvalue weighted by molar-refractivity contribution is 7.10. The molecule has 0 N–H and O–H groups in total. The monoisotopic (exact) mass is 233 g/mol. The first-order valence-corrected chi connectivity index (χ1v) is 6.67. The molecule has 0 aromatic carbocycles. The van der Waals surface area contributed by atoms with Crippen LogP contribution >= 0.6 is 11.3 Å². The summed E-state index contributed by atoms with van der Waals surface area (Å²) in [5, 5.41) is 2.17. The van der Waals surface area contributed by atoms with Crippen LogP contribution in [0.25, 0.3) is 0 Å². The van der Waals surface area contributed by atoms with E-state index >= 15 is 0 Å². The first-order chi connectivity index (χ1) is 7.61. The van der Waals surface area contributed by atoms with Crippen molar-refractivity contribution in [2.75, 3.05) is 0 Å². The van der Waals surface area contributed by atoms with Gasteiger partial charge >= 0.3 is 0 Å². The maximum atomic E-state index is 2.45. The lowest BCUT2D eigenvalue weighted by Crippen LogP contribution is -2.17. The van der Waals surface area contributed by atoms with E-state index in [1.54, 1.807) is 0 Å². The van der Waals surface area contributed by atoms with E-state index in [9.17, 15) is 0 Å². The Labute approximate surface area is 102 Å². The summed E-state index contributed by atoms with van der Waals surface area (Å²) in [5.74, 6) is 0.614. The molecule has 0 spiro atoms. The molecule has 2 rings (SSSR count). The Morgan fingerprint density at radius 2 is 1.69 bits per heavy atom. The van der Waals surface area contributed by atoms with Crippen LogP contribution in [0.5, 0.6) is 0 Å². The Kier molecular flexibility index (Phi) is 3.20. The Morgan fingerprint density at radius 1 is 1.06 bits per heavy atom. The van der Waals surface area contributed by atoms with Crippen LogP contribution in [0.15, 0.2) is 29.6 Å². The zero-order valence-electron chi connectivity index (χ0n) is 10.4. The van der Waals surface area contributed by atoms with Gasteiger partial charge in [0.25, 0.3) is 0 Å². The predicted molar refractivity (Wildman–Crippen MR) is 71.2 cm³/mol. The molecule has 0 radical (unpaired) electrons. The van der Waals surface area contributed by atoms with E-state index in [0.717, 1.165) is 0 Å². The molecule has 0 aliphatic rings. The fourth-order valence-electron chi connectivity index (χ4n) is 2.33. The molecule has 16 heavy (non-hydrogen) atoms. The molecule has 2 aromatic heterocycles. The van der Waals surface area contributed by atoms with Crippen molar-refractivity contribution in [2.24, 2.45) is 5.92 Å². The van der Waals surface area contributed by atoms with Crippen molar-refractivity contribution in [2.45, 2.75) is 33.7 Å². The van der Waals surface area contributed by atoms with Gasteiger partial charge < -0.3 is 4.57 Å². The molecule has 1 unspecified atom stereocenters. The summed E-state index contributed by atoms with van der Waals surface area (Å²) in [6, 6.07) is 9.28. The molecular formula is C14H19NS. The molecule has 0 amide bonds. The third-order valence-corrected chi connectivity index (χ3v) is 4.01. The lowest BCUT2D eigenvalue weighted by molar-refractivity contribution is 0.431. The van der Waals surface area contributed by atoms with E-state index in [1.165, 1.54) is 16.3 Å². The Hall–Kier alpha value is -1.02. The van der Waals surface area contributed by atoms with Gasteiger partial charge in [-0.1, -0.05) is 19.9 Å². The number of nitrogens with zero attached hydrogens (tertiary/aromatic N) is 1. The number of hydrogen-bond donors (Lipinski definition) is 0. The Morgan fingerprint density at radius 3 is 2.12 bits per heavy atom. The highest BCUT2D eigenvalue weighted by atomic mass is 32.1. The normalized spacial score (nSPS) is 13.3. The second-order valence-corrected chi connectivity index (χ2v) is 5.67. The number of aromatic nitrogens is 1. The molecular weight excluding hydrogens is 214 g/mol. The van der Waals surface area contributed by atoms with E-state index in [2.05, 4.69) is 61.9 Å². The summed E-state index contributed by atoms with van der Waals surface area (Å²) in [5.41, 5.74) is 2.70. The third-order valence-electron chi connectivity index (χ3n) is 3.07. The van der Waals surface area contributed by atoms with Crippen molar-refractivity contribution in [3.8, 4) is 0 Å². The first-order valence-electron chi connectivity index (χ1n) is 5.79. The maximum absolute atomic E-state index is 2.45. The molecule has 1 atom stereocenters. The second kappa shape index (κ2) is 4.46. The number of rotatable bonds is 3. The van der Waals surface area contributed by atoms with E-state index in [0.29, 0.717) is 12.0 Å². The van der Waals surface area contributed by atoms with E-state index in [4.69, 9.17) is 0 Å². The van der Waals surface area contributed by atoms with Crippen LogP contribution in [-0.2, 0) is 0 Å². The average Bonchev–Trinajstić information content (AvgIpc) is 2.82. The second-order valence-electron chi connectivity index (χ2n) is 4.69. The third kappa shape index (κ3) is 1.94. The van der Waals surface area contributed by atoms with Crippen molar-refractivity contribution < 1.29 is 0 Å². The van der Waals surface area contributed by atoms with Crippen LogP contribution in [0.3, 0.4) is 0 Å². The number of thiophene rings is 1. The van der Waals surface area contributed by atoms with Crippen molar-refractivity contribution in [3.05, 3.63) is 45.9 Å². The van der Waals surface area contributed by atoms with Crippen LogP contribution < -0.4 is 0 Å². The summed E-state index contributed by atoms with van der Waals surface area (Å²) in [4.78, 5) is 1.46. The number of aryl methyl sites for hydroxylation is 2. The first kappa shape index (κ1) is 11.5. The van der Waals surface area contributed by atoms with Gasteiger partial charge in [-0.2, -0.15) is 0 Å². The molecule has 2 heterocycles. The molecule has 0 fully saturated rings. The minimum Gasteiger partial charge on any atom is -0.341 e. The fraction of sp³-hybridized carbons (Fsp3) is 0.429. The minimum absolute atomic E-state index is 0.481. The molecule has 0 saturated heterocycles. The molecule has 86 valence electrons. The highest BCUT2D eigenvalue weighted by Crippen LogP contribution is 2.32. The molecule has 0 saturated carbocycles. The van der Waals surface area contributed by atoms with Crippen LogP contribution in [0.1, 0.15) is 36.2 Å². The highest BCUT2D eigenvalue weighted by Gasteiger charge is 2.20. The molecule has 0 aliphatic heterocycles. The summed E-state index contributed by atoms with van der Waals surface area (Å²) < 4.78 is 2.45. The van der Waals surface area contributed by atoms with Crippen molar-refractivity contribution in [1.29, 1.82) is 0 Å². The van der Waals surface area contributed by atoms with Gasteiger partial charge in [-0.05, 0) is 43.3 Å². The largest absolute Gasteiger partial charge is 0.341 e. The molecule has 0 bridgehead atoms. The van der Waals surface area contributed by atoms with Gasteiger partial charge in [0.15, 0.2) is 0 Å². The zero-order valence-corrected chi connectivity index (χ0v) is 11.2. The SMILES string of the molecule is Cc1ccc(C)n1C(c1cccs1)C(C)C. The summed E-state index contributed by atoms with van der Waals surface area (Å²) in [6.45, 7) is 8.97. The van der Waals surface area contributed by atoms with Gasteiger partial charge in [-0.15, -0.1) is 11.3 Å². The van der Waals surface area contributed by atoms with Gasteiger partial charge in [0, 0.05) is 16.3 Å². The minimum atomic E-state index is 0.481. The summed E-state index contributed by atoms with van der Waals surface area (Å²) in [7, 11) is 0. The van der Waals surface area contributed by atoms with Crippen molar-refractivity contribution in [1.82, 2.24) is 4.57 Å². The van der Waals surface area contributed by atoms with E-state index < -0.39 is 0 Å². The summed E-state index contributed by atoms with van der Waals surface area (Å²) >= 11 is 1.85. The average molecular weight is 233 g/mol. The van der Waals surface area contributed by atoms with Gasteiger partial charge in [0.05, 0.1) is 6.04 Å². The van der Waals surface area contributed by atoms with Gasteiger partial charge in [-0.25, -0.2) is 0 Å². The van der Waals surface area contributed by atoms with E-state index in [1.807, 2.05) is 11.3 Å². The summed E-state index contributed by atoms with van der Waals surface area (Å²) in [6.07, 6.45) is 0. The van der Waals surface area contributed by atoms with Crippen molar-refractivity contribution >= 4 is 11.3 Å². The fourth-order valence-corrected chi connectivity index (χ4v) is 3.32. The van der Waals surface area contributed by atoms with Gasteiger partial charge in [0.2, 0.25) is 0 Å². The Bertz CT molecular complexity index is 432. The lowest BCUT2D eigenvalue weighted by atomic mass is 10.0. The molecule has 1 nitrogen and oxygen atoms in total. The predicted octanol–water partition coefficient (Wildman–Crippen LogP) is 4.41. The van der Waals surface area contributed by atoms with Crippen LogP contribution in [0, 0.1) is 19.8 Å².